The Hall–Kier alpha value is -1.75. The van der Waals surface area contributed by atoms with Crippen LogP contribution in [-0.2, 0) is 6.42 Å². The third kappa shape index (κ3) is 5.13. The maximum Gasteiger partial charge on any atom is 0.321 e. The molecule has 0 aromatic heterocycles. The van der Waals surface area contributed by atoms with Crippen LogP contribution in [0.2, 0.25) is 10.0 Å². The summed E-state index contributed by atoms with van der Waals surface area (Å²) in [6, 6.07) is 13.5. The maximum absolute atomic E-state index is 12.4. The van der Waals surface area contributed by atoms with E-state index in [9.17, 15) is 4.79 Å². The van der Waals surface area contributed by atoms with Gasteiger partial charge in [0.1, 0.15) is 0 Å². The molecule has 1 fully saturated rings. The molecule has 2 aromatic rings. The van der Waals surface area contributed by atoms with Crippen molar-refractivity contribution < 1.29 is 4.79 Å². The Labute approximate surface area is 164 Å². The Morgan fingerprint density at radius 2 is 1.85 bits per heavy atom. The summed E-state index contributed by atoms with van der Waals surface area (Å²) in [7, 11) is 0. The molecule has 1 heterocycles. The number of piperazine rings is 1. The van der Waals surface area contributed by atoms with Crippen molar-refractivity contribution in [2.24, 2.45) is 0 Å². The van der Waals surface area contributed by atoms with Gasteiger partial charge in [0.25, 0.3) is 0 Å². The molecule has 0 radical (unpaired) electrons. The number of aryl methyl sites for hydroxylation is 1. The first-order chi connectivity index (χ1) is 12.5. The van der Waals surface area contributed by atoms with Gasteiger partial charge >= 0.3 is 6.03 Å². The summed E-state index contributed by atoms with van der Waals surface area (Å²) in [5, 5.41) is 4.37. The monoisotopic (exact) mass is 391 g/mol. The normalized spacial score (nSPS) is 15.1. The Morgan fingerprint density at radius 1 is 1.08 bits per heavy atom. The summed E-state index contributed by atoms with van der Waals surface area (Å²) in [5.41, 5.74) is 2.97. The van der Waals surface area contributed by atoms with Gasteiger partial charge in [0.2, 0.25) is 0 Å². The zero-order chi connectivity index (χ0) is 18.5. The lowest BCUT2D eigenvalue weighted by molar-refractivity contribution is 0.148. The fraction of sp³-hybridized carbons (Fsp3) is 0.350. The predicted octanol–water partition coefficient (Wildman–Crippen LogP) is 4.69. The minimum Gasteiger partial charge on any atom is -0.322 e. The number of carbonyl (C=O) groups excluding carboxylic acids is 1. The third-order valence-corrected chi connectivity index (χ3v) is 5.33. The highest BCUT2D eigenvalue weighted by molar-refractivity contribution is 6.31. The van der Waals surface area contributed by atoms with Crippen LogP contribution < -0.4 is 5.32 Å². The van der Waals surface area contributed by atoms with E-state index in [0.717, 1.165) is 55.4 Å². The van der Waals surface area contributed by atoms with Gasteiger partial charge in [-0.1, -0.05) is 41.4 Å². The van der Waals surface area contributed by atoms with Gasteiger partial charge < -0.3 is 10.2 Å². The third-order valence-electron chi connectivity index (χ3n) is 4.69. The molecular formula is C20H23Cl2N3O. The van der Waals surface area contributed by atoms with Gasteiger partial charge in [-0.15, -0.1) is 0 Å². The number of hydrogen-bond acceptors (Lipinski definition) is 2. The first-order valence-electron chi connectivity index (χ1n) is 8.80. The highest BCUT2D eigenvalue weighted by Gasteiger charge is 2.21. The summed E-state index contributed by atoms with van der Waals surface area (Å²) in [6.07, 6.45) is 0.967. The van der Waals surface area contributed by atoms with Crippen LogP contribution in [0.25, 0.3) is 0 Å². The number of amides is 2. The molecule has 2 amide bonds. The molecule has 0 unspecified atom stereocenters. The Bertz CT molecular complexity index is 773. The van der Waals surface area contributed by atoms with Crippen LogP contribution in [0.15, 0.2) is 42.5 Å². The number of benzene rings is 2. The van der Waals surface area contributed by atoms with Crippen molar-refractivity contribution >= 4 is 34.9 Å². The fourth-order valence-electron chi connectivity index (χ4n) is 3.03. The molecule has 1 aliphatic rings. The summed E-state index contributed by atoms with van der Waals surface area (Å²) < 4.78 is 0. The molecule has 0 spiro atoms. The molecule has 1 N–H and O–H groups in total. The lowest BCUT2D eigenvalue weighted by atomic mass is 10.1. The number of nitrogens with zero attached hydrogens (tertiary/aromatic N) is 2. The second kappa shape index (κ2) is 8.76. The molecule has 0 saturated carbocycles. The van der Waals surface area contributed by atoms with E-state index in [1.807, 2.05) is 42.2 Å². The van der Waals surface area contributed by atoms with Gasteiger partial charge in [0, 0.05) is 48.5 Å². The zero-order valence-electron chi connectivity index (χ0n) is 14.8. The van der Waals surface area contributed by atoms with Crippen LogP contribution in [0.1, 0.15) is 11.1 Å². The summed E-state index contributed by atoms with van der Waals surface area (Å²) >= 11 is 12.1. The molecule has 6 heteroatoms. The van der Waals surface area contributed by atoms with Crippen LogP contribution in [-0.4, -0.2) is 48.6 Å². The zero-order valence-corrected chi connectivity index (χ0v) is 16.4. The Balaban J connectivity index is 1.45. The molecule has 0 bridgehead atoms. The molecule has 0 atom stereocenters. The van der Waals surface area contributed by atoms with E-state index in [4.69, 9.17) is 23.2 Å². The van der Waals surface area contributed by atoms with Crippen LogP contribution in [0.4, 0.5) is 10.5 Å². The maximum atomic E-state index is 12.4. The van der Waals surface area contributed by atoms with Gasteiger partial charge in [-0.3, -0.25) is 4.90 Å². The van der Waals surface area contributed by atoms with Crippen molar-refractivity contribution in [2.45, 2.75) is 13.3 Å². The van der Waals surface area contributed by atoms with Gasteiger partial charge in [0.15, 0.2) is 0 Å². The number of rotatable bonds is 4. The lowest BCUT2D eigenvalue weighted by Gasteiger charge is -2.34. The number of urea groups is 1. The molecule has 4 nitrogen and oxygen atoms in total. The molecule has 2 aromatic carbocycles. The molecular weight excluding hydrogens is 369 g/mol. The molecule has 26 heavy (non-hydrogen) atoms. The average molecular weight is 392 g/mol. The molecule has 0 aliphatic carbocycles. The number of carbonyl (C=O) groups is 1. The van der Waals surface area contributed by atoms with E-state index in [1.54, 1.807) is 6.07 Å². The van der Waals surface area contributed by atoms with E-state index in [0.29, 0.717) is 5.02 Å². The number of halogens is 2. The van der Waals surface area contributed by atoms with Gasteiger partial charge in [-0.05, 0) is 48.7 Å². The van der Waals surface area contributed by atoms with Gasteiger partial charge in [-0.25, -0.2) is 4.79 Å². The van der Waals surface area contributed by atoms with Crippen LogP contribution in [0.5, 0.6) is 0 Å². The molecule has 1 saturated heterocycles. The van der Waals surface area contributed by atoms with Crippen LogP contribution in [0.3, 0.4) is 0 Å². The van der Waals surface area contributed by atoms with Crippen molar-refractivity contribution in [3.63, 3.8) is 0 Å². The first kappa shape index (κ1) is 19.0. The second-order valence-electron chi connectivity index (χ2n) is 6.60. The number of hydrogen-bond donors (Lipinski definition) is 1. The standard InChI is InChI=1S/C20H23Cl2N3O/c1-15-5-6-18(14-19(15)22)23-20(26)25-11-9-24(10-12-25)8-7-16-3-2-4-17(21)13-16/h2-6,13-14H,7-12H2,1H3,(H,23,26). The molecule has 3 rings (SSSR count). The van der Waals surface area contributed by atoms with E-state index >= 15 is 0 Å². The topological polar surface area (TPSA) is 35.6 Å². The van der Waals surface area contributed by atoms with Crippen molar-refractivity contribution in [3.8, 4) is 0 Å². The van der Waals surface area contributed by atoms with Crippen molar-refractivity contribution in [3.05, 3.63) is 63.6 Å². The van der Waals surface area contributed by atoms with Crippen molar-refractivity contribution in [1.82, 2.24) is 9.80 Å². The largest absolute Gasteiger partial charge is 0.322 e. The Kier molecular flexibility index (Phi) is 6.41. The predicted molar refractivity (Wildman–Crippen MR) is 108 cm³/mol. The van der Waals surface area contributed by atoms with E-state index in [-0.39, 0.29) is 6.03 Å². The highest BCUT2D eigenvalue weighted by Crippen LogP contribution is 2.20. The van der Waals surface area contributed by atoms with Gasteiger partial charge in [-0.2, -0.15) is 0 Å². The van der Waals surface area contributed by atoms with Crippen LogP contribution >= 0.6 is 23.2 Å². The second-order valence-corrected chi connectivity index (χ2v) is 7.45. The van der Waals surface area contributed by atoms with E-state index < -0.39 is 0 Å². The SMILES string of the molecule is Cc1ccc(NC(=O)N2CCN(CCc3cccc(Cl)c3)CC2)cc1Cl. The summed E-state index contributed by atoms with van der Waals surface area (Å²) in [4.78, 5) is 16.7. The van der Waals surface area contributed by atoms with Gasteiger partial charge in [0.05, 0.1) is 0 Å². The quantitative estimate of drug-likeness (QED) is 0.819. The fourth-order valence-corrected chi connectivity index (χ4v) is 3.42. The molecule has 138 valence electrons. The summed E-state index contributed by atoms with van der Waals surface area (Å²) in [6.45, 7) is 6.12. The first-order valence-corrected chi connectivity index (χ1v) is 9.56. The minimum atomic E-state index is -0.0700. The van der Waals surface area contributed by atoms with Crippen molar-refractivity contribution in [2.75, 3.05) is 38.0 Å². The number of nitrogens with one attached hydrogen (secondary N) is 1. The smallest absolute Gasteiger partial charge is 0.321 e. The minimum absolute atomic E-state index is 0.0700. The van der Waals surface area contributed by atoms with E-state index in [1.165, 1.54) is 5.56 Å². The van der Waals surface area contributed by atoms with E-state index in [2.05, 4.69) is 16.3 Å². The summed E-state index contributed by atoms with van der Waals surface area (Å²) in [5.74, 6) is 0. The highest BCUT2D eigenvalue weighted by atomic mass is 35.5. The Morgan fingerprint density at radius 3 is 2.54 bits per heavy atom. The van der Waals surface area contributed by atoms with Crippen LogP contribution in [0, 0.1) is 6.92 Å². The lowest BCUT2D eigenvalue weighted by Crippen LogP contribution is -2.50. The number of anilines is 1. The average Bonchev–Trinajstić information content (AvgIpc) is 2.63. The van der Waals surface area contributed by atoms with Crippen molar-refractivity contribution in [1.29, 1.82) is 0 Å². The molecule has 1 aliphatic heterocycles.